The SMILES string of the molecule is CC(=O)Nc1cnc2[nH]ccc2c1C. The summed E-state index contributed by atoms with van der Waals surface area (Å²) in [7, 11) is 0. The van der Waals surface area contributed by atoms with Crippen molar-refractivity contribution in [2.75, 3.05) is 5.32 Å². The van der Waals surface area contributed by atoms with Gasteiger partial charge in [0, 0.05) is 18.5 Å². The van der Waals surface area contributed by atoms with Gasteiger partial charge in [0.2, 0.25) is 5.91 Å². The van der Waals surface area contributed by atoms with Crippen molar-refractivity contribution in [1.82, 2.24) is 9.97 Å². The van der Waals surface area contributed by atoms with Crippen molar-refractivity contribution >= 4 is 22.6 Å². The van der Waals surface area contributed by atoms with E-state index in [1.54, 1.807) is 6.20 Å². The van der Waals surface area contributed by atoms with Crippen LogP contribution in [0.3, 0.4) is 0 Å². The lowest BCUT2D eigenvalue weighted by Gasteiger charge is -2.05. The van der Waals surface area contributed by atoms with Gasteiger partial charge in [0.15, 0.2) is 0 Å². The van der Waals surface area contributed by atoms with Crippen LogP contribution in [0.25, 0.3) is 11.0 Å². The molecule has 4 heteroatoms. The van der Waals surface area contributed by atoms with Crippen molar-refractivity contribution in [2.24, 2.45) is 0 Å². The summed E-state index contributed by atoms with van der Waals surface area (Å²) in [5, 5.41) is 3.78. The molecule has 72 valence electrons. The number of fused-ring (bicyclic) bond motifs is 1. The monoisotopic (exact) mass is 189 g/mol. The molecule has 0 saturated carbocycles. The molecule has 4 nitrogen and oxygen atoms in total. The predicted molar refractivity (Wildman–Crippen MR) is 55.1 cm³/mol. The molecule has 0 bridgehead atoms. The maximum absolute atomic E-state index is 10.9. The molecule has 0 radical (unpaired) electrons. The standard InChI is InChI=1S/C10H11N3O/c1-6-8-3-4-11-10(8)12-5-9(6)13-7(2)14/h3-5H,1-2H3,(H,11,12)(H,13,14). The average molecular weight is 189 g/mol. The van der Waals surface area contributed by atoms with Gasteiger partial charge in [0.25, 0.3) is 0 Å². The van der Waals surface area contributed by atoms with Crippen LogP contribution in [-0.2, 0) is 4.79 Å². The minimum Gasteiger partial charge on any atom is -0.346 e. The molecule has 0 unspecified atom stereocenters. The fraction of sp³-hybridized carbons (Fsp3) is 0.200. The Hall–Kier alpha value is -1.84. The molecule has 1 amide bonds. The third-order valence-electron chi connectivity index (χ3n) is 2.17. The summed E-state index contributed by atoms with van der Waals surface area (Å²) in [6.45, 7) is 3.45. The number of rotatable bonds is 1. The molecule has 2 heterocycles. The number of nitrogens with one attached hydrogen (secondary N) is 2. The van der Waals surface area contributed by atoms with Crippen LogP contribution in [-0.4, -0.2) is 15.9 Å². The number of carbonyl (C=O) groups excluding carboxylic acids is 1. The van der Waals surface area contributed by atoms with E-state index in [9.17, 15) is 4.79 Å². The summed E-state index contributed by atoms with van der Waals surface area (Å²) in [5.41, 5.74) is 2.65. The van der Waals surface area contributed by atoms with Gasteiger partial charge in [0.05, 0.1) is 11.9 Å². The molecule has 2 aromatic heterocycles. The van der Waals surface area contributed by atoms with Crippen LogP contribution >= 0.6 is 0 Å². The maximum atomic E-state index is 10.9. The number of anilines is 1. The van der Waals surface area contributed by atoms with E-state index in [4.69, 9.17) is 0 Å². The van der Waals surface area contributed by atoms with Gasteiger partial charge < -0.3 is 10.3 Å². The molecule has 2 rings (SSSR count). The first-order chi connectivity index (χ1) is 6.68. The lowest BCUT2D eigenvalue weighted by molar-refractivity contribution is -0.114. The first-order valence-corrected chi connectivity index (χ1v) is 4.39. The van der Waals surface area contributed by atoms with E-state index in [2.05, 4.69) is 15.3 Å². The summed E-state index contributed by atoms with van der Waals surface area (Å²) in [6, 6.07) is 1.95. The highest BCUT2D eigenvalue weighted by atomic mass is 16.1. The van der Waals surface area contributed by atoms with Crippen LogP contribution in [0.15, 0.2) is 18.5 Å². The van der Waals surface area contributed by atoms with Crippen LogP contribution in [0.5, 0.6) is 0 Å². The summed E-state index contributed by atoms with van der Waals surface area (Å²) < 4.78 is 0. The minimum absolute atomic E-state index is 0.0789. The maximum Gasteiger partial charge on any atom is 0.221 e. The zero-order chi connectivity index (χ0) is 10.1. The minimum atomic E-state index is -0.0789. The predicted octanol–water partition coefficient (Wildman–Crippen LogP) is 1.83. The van der Waals surface area contributed by atoms with E-state index in [1.165, 1.54) is 6.92 Å². The van der Waals surface area contributed by atoms with Gasteiger partial charge in [-0.25, -0.2) is 4.98 Å². The van der Waals surface area contributed by atoms with Crippen molar-refractivity contribution in [3.63, 3.8) is 0 Å². The Kier molecular flexibility index (Phi) is 1.96. The molecule has 0 atom stereocenters. The van der Waals surface area contributed by atoms with Crippen molar-refractivity contribution in [1.29, 1.82) is 0 Å². The van der Waals surface area contributed by atoms with Crippen LogP contribution in [0.2, 0.25) is 0 Å². The van der Waals surface area contributed by atoms with Crippen LogP contribution in [0.1, 0.15) is 12.5 Å². The van der Waals surface area contributed by atoms with Crippen molar-refractivity contribution in [2.45, 2.75) is 13.8 Å². The second-order valence-electron chi connectivity index (χ2n) is 3.22. The molecule has 0 spiro atoms. The number of aromatic nitrogens is 2. The van der Waals surface area contributed by atoms with Crippen LogP contribution < -0.4 is 5.32 Å². The van der Waals surface area contributed by atoms with Crippen molar-refractivity contribution in [3.8, 4) is 0 Å². The van der Waals surface area contributed by atoms with E-state index in [0.29, 0.717) is 0 Å². The van der Waals surface area contributed by atoms with Gasteiger partial charge >= 0.3 is 0 Å². The topological polar surface area (TPSA) is 57.8 Å². The molecule has 2 N–H and O–H groups in total. The number of pyridine rings is 1. The van der Waals surface area contributed by atoms with Gasteiger partial charge in [0.1, 0.15) is 5.65 Å². The Morgan fingerprint density at radius 1 is 1.57 bits per heavy atom. The molecule has 0 fully saturated rings. The second kappa shape index (κ2) is 3.14. The number of amides is 1. The number of carbonyl (C=O) groups is 1. The Bertz CT molecular complexity index is 487. The number of hydrogen-bond acceptors (Lipinski definition) is 2. The molecular formula is C10H11N3O. The van der Waals surface area contributed by atoms with Gasteiger partial charge in [-0.1, -0.05) is 0 Å². The van der Waals surface area contributed by atoms with E-state index < -0.39 is 0 Å². The molecule has 0 aliphatic rings. The van der Waals surface area contributed by atoms with E-state index >= 15 is 0 Å². The molecule has 14 heavy (non-hydrogen) atoms. The lowest BCUT2D eigenvalue weighted by Crippen LogP contribution is -2.07. The fourth-order valence-electron chi connectivity index (χ4n) is 1.46. The Morgan fingerprint density at radius 2 is 2.36 bits per heavy atom. The zero-order valence-electron chi connectivity index (χ0n) is 8.09. The highest BCUT2D eigenvalue weighted by Crippen LogP contribution is 2.22. The van der Waals surface area contributed by atoms with Crippen LogP contribution in [0.4, 0.5) is 5.69 Å². The molecule has 0 aromatic carbocycles. The number of nitrogens with zero attached hydrogens (tertiary/aromatic N) is 1. The summed E-state index contributed by atoms with van der Waals surface area (Å²) in [6.07, 6.45) is 3.50. The van der Waals surface area contributed by atoms with Crippen LogP contribution in [0, 0.1) is 6.92 Å². The normalized spacial score (nSPS) is 10.4. The van der Waals surface area contributed by atoms with E-state index in [-0.39, 0.29) is 5.91 Å². The number of hydrogen-bond donors (Lipinski definition) is 2. The van der Waals surface area contributed by atoms with Gasteiger partial charge in [-0.05, 0) is 18.6 Å². The molecule has 0 aliphatic heterocycles. The number of H-pyrrole nitrogens is 1. The summed E-state index contributed by atoms with van der Waals surface area (Å²) in [4.78, 5) is 18.1. The number of aromatic amines is 1. The first-order valence-electron chi connectivity index (χ1n) is 4.39. The fourth-order valence-corrected chi connectivity index (χ4v) is 1.46. The van der Waals surface area contributed by atoms with Gasteiger partial charge in [-0.3, -0.25) is 4.79 Å². The average Bonchev–Trinajstić information content (AvgIpc) is 2.57. The third kappa shape index (κ3) is 1.35. The largest absolute Gasteiger partial charge is 0.346 e. The van der Waals surface area contributed by atoms with E-state index in [0.717, 1.165) is 22.3 Å². The Morgan fingerprint density at radius 3 is 3.07 bits per heavy atom. The highest BCUT2D eigenvalue weighted by Gasteiger charge is 2.05. The summed E-state index contributed by atoms with van der Waals surface area (Å²) in [5.74, 6) is -0.0789. The van der Waals surface area contributed by atoms with Gasteiger partial charge in [-0.15, -0.1) is 0 Å². The lowest BCUT2D eigenvalue weighted by atomic mass is 10.2. The van der Waals surface area contributed by atoms with Crippen molar-refractivity contribution < 1.29 is 4.79 Å². The molecule has 2 aromatic rings. The van der Waals surface area contributed by atoms with Gasteiger partial charge in [-0.2, -0.15) is 0 Å². The Labute approximate surface area is 81.3 Å². The smallest absolute Gasteiger partial charge is 0.221 e. The quantitative estimate of drug-likeness (QED) is 0.719. The van der Waals surface area contributed by atoms with E-state index in [1.807, 2.05) is 19.2 Å². The highest BCUT2D eigenvalue weighted by molar-refractivity contribution is 5.93. The molecule has 0 saturated heterocycles. The van der Waals surface area contributed by atoms with Crippen molar-refractivity contribution in [3.05, 3.63) is 24.0 Å². The first kappa shape index (κ1) is 8.74. The zero-order valence-corrected chi connectivity index (χ0v) is 8.09. The second-order valence-corrected chi connectivity index (χ2v) is 3.22. The Balaban J connectivity index is 2.56. The third-order valence-corrected chi connectivity index (χ3v) is 2.17. The number of aryl methyl sites for hydroxylation is 1. The molecular weight excluding hydrogens is 178 g/mol. The molecule has 0 aliphatic carbocycles. The summed E-state index contributed by atoms with van der Waals surface area (Å²) >= 11 is 0.